The Morgan fingerprint density at radius 2 is 2.03 bits per heavy atom. The highest BCUT2D eigenvalue weighted by Crippen LogP contribution is 2.59. The number of fused-ring (bicyclic) bond motifs is 1. The number of aliphatic hydroxyl groups excluding tert-OH is 1. The highest BCUT2D eigenvalue weighted by Gasteiger charge is 2.75. The van der Waals surface area contributed by atoms with E-state index in [1.807, 2.05) is 27.7 Å². The Bertz CT molecular complexity index is 798. The molecule has 3 saturated heterocycles. The van der Waals surface area contributed by atoms with E-state index in [0.29, 0.717) is 19.4 Å². The molecular formula is C25H38N2O6. The van der Waals surface area contributed by atoms with Crippen LogP contribution in [0.2, 0.25) is 0 Å². The molecule has 184 valence electrons. The smallest absolute Gasteiger partial charge is 0.312 e. The lowest BCUT2D eigenvalue weighted by molar-refractivity contribution is -0.157. The average Bonchev–Trinajstić information content (AvgIpc) is 3.43. The molecule has 3 aliphatic rings. The van der Waals surface area contributed by atoms with Crippen LogP contribution in [0.3, 0.4) is 0 Å². The van der Waals surface area contributed by atoms with E-state index in [2.05, 4.69) is 13.2 Å². The lowest BCUT2D eigenvalue weighted by Crippen LogP contribution is -2.60. The van der Waals surface area contributed by atoms with E-state index in [1.54, 1.807) is 11.0 Å². The van der Waals surface area contributed by atoms with E-state index in [9.17, 15) is 19.5 Å². The van der Waals surface area contributed by atoms with Crippen LogP contribution in [0.4, 0.5) is 0 Å². The maximum atomic E-state index is 14.0. The van der Waals surface area contributed by atoms with Crippen molar-refractivity contribution in [2.24, 2.45) is 17.8 Å². The molecule has 1 spiro atoms. The normalized spacial score (nSPS) is 31.9. The largest absolute Gasteiger partial charge is 0.461 e. The van der Waals surface area contributed by atoms with Crippen LogP contribution in [-0.4, -0.2) is 82.3 Å². The number of esters is 1. The molecule has 0 radical (unpaired) electrons. The zero-order valence-corrected chi connectivity index (χ0v) is 20.2. The van der Waals surface area contributed by atoms with Crippen molar-refractivity contribution in [1.29, 1.82) is 0 Å². The molecule has 0 aliphatic carbocycles. The molecule has 0 aromatic carbocycles. The summed E-state index contributed by atoms with van der Waals surface area (Å²) in [5.41, 5.74) is -1.11. The van der Waals surface area contributed by atoms with Gasteiger partial charge < -0.3 is 24.4 Å². The number of ether oxygens (including phenoxy) is 2. The lowest BCUT2D eigenvalue weighted by Gasteiger charge is -2.41. The number of carbonyl (C=O) groups excluding carboxylic acids is 3. The zero-order chi connectivity index (χ0) is 24.5. The highest BCUT2D eigenvalue weighted by atomic mass is 16.6. The summed E-state index contributed by atoms with van der Waals surface area (Å²) in [5.74, 6) is -2.66. The molecule has 1 N–H and O–H groups in total. The van der Waals surface area contributed by atoms with Gasteiger partial charge in [-0.25, -0.2) is 0 Å². The van der Waals surface area contributed by atoms with Crippen molar-refractivity contribution in [1.82, 2.24) is 9.80 Å². The third-order valence-electron chi connectivity index (χ3n) is 7.66. The van der Waals surface area contributed by atoms with Crippen molar-refractivity contribution in [2.45, 2.75) is 76.8 Å². The fourth-order valence-corrected chi connectivity index (χ4v) is 5.90. The second-order valence-corrected chi connectivity index (χ2v) is 9.73. The third kappa shape index (κ3) is 4.01. The maximum absolute atomic E-state index is 14.0. The van der Waals surface area contributed by atoms with Crippen molar-refractivity contribution >= 4 is 17.8 Å². The zero-order valence-electron chi connectivity index (χ0n) is 20.2. The number of aliphatic hydroxyl groups is 1. The number of likely N-dealkylation sites (tertiary alicyclic amines) is 1. The first-order valence-corrected chi connectivity index (χ1v) is 12.0. The summed E-state index contributed by atoms with van der Waals surface area (Å²) in [7, 11) is 0. The SMILES string of the molecule is C=CCOC(=O)[C@@H]1[C@H]2C(=O)N([C@@H](CO)[C@@H](C)CC)C(C(=O)N(CC=C)C(C)C)C23CC[C@H]1O3. The monoisotopic (exact) mass is 462 g/mol. The maximum Gasteiger partial charge on any atom is 0.312 e. The van der Waals surface area contributed by atoms with Crippen molar-refractivity contribution in [3.63, 3.8) is 0 Å². The quantitative estimate of drug-likeness (QED) is 0.372. The van der Waals surface area contributed by atoms with E-state index in [4.69, 9.17) is 9.47 Å². The molecule has 0 aromatic rings. The summed E-state index contributed by atoms with van der Waals surface area (Å²) in [6, 6.07) is -1.58. The summed E-state index contributed by atoms with van der Waals surface area (Å²) < 4.78 is 11.7. The summed E-state index contributed by atoms with van der Waals surface area (Å²) in [4.78, 5) is 44.2. The molecule has 3 rings (SSSR count). The standard InChI is InChI=1S/C25H38N2O6/c1-7-12-26(15(4)5)23(30)21-25-11-10-18(33-25)19(24(31)32-13-8-2)20(25)22(29)27(21)17(14-28)16(6)9-3/h7-8,15-21,28H,1-2,9-14H2,3-6H3/t16-,17-,18+,19-,20-,21?,25?/m0/s1. The first-order valence-electron chi connectivity index (χ1n) is 12.0. The molecule has 0 aromatic heterocycles. The van der Waals surface area contributed by atoms with Crippen LogP contribution < -0.4 is 0 Å². The Morgan fingerprint density at radius 1 is 1.33 bits per heavy atom. The second kappa shape index (κ2) is 9.97. The number of nitrogens with zero attached hydrogens (tertiary/aromatic N) is 2. The molecule has 0 saturated carbocycles. The minimum atomic E-state index is -1.11. The molecule has 7 atom stereocenters. The molecule has 2 amide bonds. The topological polar surface area (TPSA) is 96.4 Å². The van der Waals surface area contributed by atoms with Gasteiger partial charge >= 0.3 is 5.97 Å². The van der Waals surface area contributed by atoms with Gasteiger partial charge in [0.2, 0.25) is 11.8 Å². The van der Waals surface area contributed by atoms with Gasteiger partial charge in [-0.2, -0.15) is 0 Å². The Balaban J connectivity index is 2.10. The number of rotatable bonds is 11. The summed E-state index contributed by atoms with van der Waals surface area (Å²) >= 11 is 0. The molecule has 8 heteroatoms. The molecule has 3 aliphatic heterocycles. The predicted molar refractivity (Wildman–Crippen MR) is 123 cm³/mol. The van der Waals surface area contributed by atoms with Crippen molar-refractivity contribution in [2.75, 3.05) is 19.8 Å². The molecule has 3 fully saturated rings. The molecule has 2 bridgehead atoms. The Kier molecular flexibility index (Phi) is 7.69. The number of amides is 2. The fraction of sp³-hybridized carbons (Fsp3) is 0.720. The van der Waals surface area contributed by atoms with Gasteiger partial charge in [-0.1, -0.05) is 39.0 Å². The molecule has 33 heavy (non-hydrogen) atoms. The van der Waals surface area contributed by atoms with Crippen LogP contribution in [0.15, 0.2) is 25.3 Å². The van der Waals surface area contributed by atoms with Gasteiger partial charge in [-0.15, -0.1) is 6.58 Å². The Hall–Kier alpha value is -2.19. The third-order valence-corrected chi connectivity index (χ3v) is 7.66. The van der Waals surface area contributed by atoms with Crippen LogP contribution in [0.1, 0.15) is 47.0 Å². The number of hydrogen-bond acceptors (Lipinski definition) is 6. The van der Waals surface area contributed by atoms with Crippen LogP contribution >= 0.6 is 0 Å². The molecule has 8 nitrogen and oxygen atoms in total. The van der Waals surface area contributed by atoms with Gasteiger partial charge in [0.25, 0.3) is 0 Å². The van der Waals surface area contributed by atoms with E-state index in [1.165, 1.54) is 11.0 Å². The summed E-state index contributed by atoms with van der Waals surface area (Å²) in [6.45, 7) is 15.2. The van der Waals surface area contributed by atoms with Crippen LogP contribution in [0.25, 0.3) is 0 Å². The first-order chi connectivity index (χ1) is 15.7. The van der Waals surface area contributed by atoms with E-state index >= 15 is 0 Å². The van der Waals surface area contributed by atoms with Gasteiger partial charge in [-0.3, -0.25) is 14.4 Å². The van der Waals surface area contributed by atoms with Gasteiger partial charge in [0.15, 0.2) is 0 Å². The van der Waals surface area contributed by atoms with Crippen molar-refractivity contribution in [3.8, 4) is 0 Å². The fourth-order valence-electron chi connectivity index (χ4n) is 5.90. The minimum Gasteiger partial charge on any atom is -0.461 e. The number of hydrogen-bond donors (Lipinski definition) is 1. The van der Waals surface area contributed by atoms with E-state index in [-0.39, 0.29) is 37.0 Å². The van der Waals surface area contributed by atoms with Crippen LogP contribution in [-0.2, 0) is 23.9 Å². The van der Waals surface area contributed by atoms with E-state index < -0.39 is 41.6 Å². The minimum absolute atomic E-state index is 0.0419. The number of carbonyl (C=O) groups is 3. The summed E-state index contributed by atoms with van der Waals surface area (Å²) in [5, 5.41) is 10.3. The highest BCUT2D eigenvalue weighted by molar-refractivity contribution is 5.98. The molecule has 3 heterocycles. The molecular weight excluding hydrogens is 424 g/mol. The van der Waals surface area contributed by atoms with Crippen LogP contribution in [0.5, 0.6) is 0 Å². The molecule has 2 unspecified atom stereocenters. The van der Waals surface area contributed by atoms with Crippen molar-refractivity contribution < 1.29 is 29.0 Å². The Labute approximate surface area is 196 Å². The van der Waals surface area contributed by atoms with Crippen molar-refractivity contribution in [3.05, 3.63) is 25.3 Å². The van der Waals surface area contributed by atoms with Gasteiger partial charge in [0, 0.05) is 12.6 Å². The summed E-state index contributed by atoms with van der Waals surface area (Å²) in [6.07, 6.45) is 4.49. The van der Waals surface area contributed by atoms with E-state index in [0.717, 1.165) is 6.42 Å². The van der Waals surface area contributed by atoms with Gasteiger partial charge in [0.1, 0.15) is 18.2 Å². The van der Waals surface area contributed by atoms with Gasteiger partial charge in [0.05, 0.1) is 30.6 Å². The average molecular weight is 463 g/mol. The van der Waals surface area contributed by atoms with Crippen LogP contribution in [0, 0.1) is 17.8 Å². The second-order valence-electron chi connectivity index (χ2n) is 9.73. The predicted octanol–water partition coefficient (Wildman–Crippen LogP) is 1.92. The Morgan fingerprint density at radius 3 is 2.58 bits per heavy atom. The lowest BCUT2D eigenvalue weighted by atomic mass is 9.70. The first kappa shape index (κ1) is 25.4. The van der Waals surface area contributed by atoms with Gasteiger partial charge in [-0.05, 0) is 32.6 Å².